The lowest BCUT2D eigenvalue weighted by Crippen LogP contribution is -2.03. The number of nitrogens with zero attached hydrogens (tertiary/aromatic N) is 2. The van der Waals surface area contributed by atoms with Crippen molar-refractivity contribution >= 4 is 5.82 Å². The van der Waals surface area contributed by atoms with Crippen molar-refractivity contribution in [1.29, 1.82) is 0 Å². The zero-order valence-electron chi connectivity index (χ0n) is 10.7. The van der Waals surface area contributed by atoms with Crippen molar-refractivity contribution in [3.8, 4) is 11.6 Å². The van der Waals surface area contributed by atoms with Gasteiger partial charge in [-0.3, -0.25) is 4.98 Å². The van der Waals surface area contributed by atoms with Gasteiger partial charge in [0.2, 0.25) is 5.88 Å². The van der Waals surface area contributed by atoms with E-state index in [2.05, 4.69) is 22.2 Å². The lowest BCUT2D eigenvalue weighted by Gasteiger charge is -2.08. The van der Waals surface area contributed by atoms with E-state index in [1.165, 1.54) is 0 Å². The summed E-state index contributed by atoms with van der Waals surface area (Å²) < 4.78 is 5.72. The molecule has 0 radical (unpaired) electrons. The Morgan fingerprint density at radius 1 is 1.22 bits per heavy atom. The Kier molecular flexibility index (Phi) is 4.12. The van der Waals surface area contributed by atoms with Crippen molar-refractivity contribution in [2.75, 3.05) is 11.9 Å². The molecule has 94 valence electrons. The Morgan fingerprint density at radius 2 is 2.06 bits per heavy atom. The minimum absolute atomic E-state index is 0.505. The standard InChI is InChI=1S/C14H17N3O/c1-3-8-16-13-9-15-10-14(17-13)18-12-7-5-4-6-11(12)2/h4-7,9-10H,3,8H2,1-2H3,(H,16,17). The highest BCUT2D eigenvalue weighted by atomic mass is 16.5. The van der Waals surface area contributed by atoms with Crippen molar-refractivity contribution in [3.05, 3.63) is 42.2 Å². The topological polar surface area (TPSA) is 47.0 Å². The van der Waals surface area contributed by atoms with Crippen LogP contribution >= 0.6 is 0 Å². The zero-order valence-corrected chi connectivity index (χ0v) is 10.7. The van der Waals surface area contributed by atoms with Crippen molar-refractivity contribution in [1.82, 2.24) is 9.97 Å². The van der Waals surface area contributed by atoms with Crippen LogP contribution in [0.1, 0.15) is 18.9 Å². The maximum atomic E-state index is 5.72. The number of hydrogen-bond donors (Lipinski definition) is 1. The van der Waals surface area contributed by atoms with E-state index in [1.807, 2.05) is 31.2 Å². The van der Waals surface area contributed by atoms with Crippen LogP contribution in [0.5, 0.6) is 11.6 Å². The average Bonchev–Trinajstić information content (AvgIpc) is 2.40. The summed E-state index contributed by atoms with van der Waals surface area (Å²) in [5, 5.41) is 3.18. The van der Waals surface area contributed by atoms with Crippen molar-refractivity contribution in [2.24, 2.45) is 0 Å². The number of ether oxygens (including phenoxy) is 1. The van der Waals surface area contributed by atoms with Gasteiger partial charge in [-0.25, -0.2) is 0 Å². The van der Waals surface area contributed by atoms with Crippen molar-refractivity contribution < 1.29 is 4.74 Å². The minimum Gasteiger partial charge on any atom is -0.437 e. The van der Waals surface area contributed by atoms with Gasteiger partial charge in [0, 0.05) is 6.54 Å². The highest BCUT2D eigenvalue weighted by molar-refractivity contribution is 5.37. The molecular weight excluding hydrogens is 226 g/mol. The van der Waals surface area contributed by atoms with Gasteiger partial charge in [0.1, 0.15) is 11.6 Å². The largest absolute Gasteiger partial charge is 0.437 e. The molecule has 0 amide bonds. The van der Waals surface area contributed by atoms with Crippen molar-refractivity contribution in [2.45, 2.75) is 20.3 Å². The van der Waals surface area contributed by atoms with E-state index in [-0.39, 0.29) is 0 Å². The first kappa shape index (κ1) is 12.4. The number of nitrogens with one attached hydrogen (secondary N) is 1. The number of aryl methyl sites for hydroxylation is 1. The third-order valence-electron chi connectivity index (χ3n) is 2.48. The molecular formula is C14H17N3O. The number of benzene rings is 1. The highest BCUT2D eigenvalue weighted by Gasteiger charge is 2.03. The van der Waals surface area contributed by atoms with E-state index in [4.69, 9.17) is 4.74 Å². The summed E-state index contributed by atoms with van der Waals surface area (Å²) in [6.45, 7) is 4.98. The van der Waals surface area contributed by atoms with E-state index >= 15 is 0 Å². The maximum absolute atomic E-state index is 5.72. The molecule has 18 heavy (non-hydrogen) atoms. The van der Waals surface area contributed by atoms with E-state index in [0.29, 0.717) is 5.88 Å². The first-order valence-electron chi connectivity index (χ1n) is 6.09. The second-order valence-corrected chi connectivity index (χ2v) is 4.04. The van der Waals surface area contributed by atoms with Gasteiger partial charge >= 0.3 is 0 Å². The monoisotopic (exact) mass is 243 g/mol. The fourth-order valence-electron chi connectivity index (χ4n) is 1.52. The Morgan fingerprint density at radius 3 is 2.83 bits per heavy atom. The highest BCUT2D eigenvalue weighted by Crippen LogP contribution is 2.23. The molecule has 2 aromatic rings. The lowest BCUT2D eigenvalue weighted by atomic mass is 10.2. The number of aromatic nitrogens is 2. The van der Waals surface area contributed by atoms with Gasteiger partial charge < -0.3 is 10.1 Å². The summed E-state index contributed by atoms with van der Waals surface area (Å²) in [4.78, 5) is 8.46. The molecule has 1 aromatic heterocycles. The van der Waals surface area contributed by atoms with E-state index in [0.717, 1.165) is 30.1 Å². The molecule has 4 heteroatoms. The molecule has 0 aliphatic heterocycles. The Bertz CT molecular complexity index is 514. The summed E-state index contributed by atoms with van der Waals surface area (Å²) in [6.07, 6.45) is 4.36. The van der Waals surface area contributed by atoms with E-state index in [9.17, 15) is 0 Å². The molecule has 0 atom stereocenters. The van der Waals surface area contributed by atoms with Crippen LogP contribution in [0.15, 0.2) is 36.7 Å². The minimum atomic E-state index is 0.505. The van der Waals surface area contributed by atoms with Crippen LogP contribution in [-0.4, -0.2) is 16.5 Å². The summed E-state index contributed by atoms with van der Waals surface area (Å²) in [5.41, 5.74) is 1.08. The van der Waals surface area contributed by atoms with Gasteiger partial charge in [-0.05, 0) is 25.0 Å². The first-order chi connectivity index (χ1) is 8.79. The summed E-state index contributed by atoms with van der Waals surface area (Å²) >= 11 is 0. The molecule has 1 N–H and O–H groups in total. The molecule has 0 aliphatic carbocycles. The molecule has 0 saturated heterocycles. The summed E-state index contributed by atoms with van der Waals surface area (Å²) in [7, 11) is 0. The number of para-hydroxylation sites is 1. The third kappa shape index (κ3) is 3.20. The average molecular weight is 243 g/mol. The first-order valence-corrected chi connectivity index (χ1v) is 6.09. The molecule has 0 saturated carbocycles. The second kappa shape index (κ2) is 6.00. The third-order valence-corrected chi connectivity index (χ3v) is 2.48. The predicted octanol–water partition coefficient (Wildman–Crippen LogP) is 3.40. The molecule has 2 rings (SSSR count). The van der Waals surface area contributed by atoms with Gasteiger partial charge in [0.15, 0.2) is 0 Å². The molecule has 0 aliphatic rings. The van der Waals surface area contributed by atoms with Gasteiger partial charge in [-0.2, -0.15) is 4.98 Å². The Balaban J connectivity index is 2.12. The van der Waals surface area contributed by atoms with Crippen LogP contribution in [-0.2, 0) is 0 Å². The van der Waals surface area contributed by atoms with Crippen molar-refractivity contribution in [3.63, 3.8) is 0 Å². The van der Waals surface area contributed by atoms with E-state index < -0.39 is 0 Å². The fraction of sp³-hybridized carbons (Fsp3) is 0.286. The number of hydrogen-bond acceptors (Lipinski definition) is 4. The Hall–Kier alpha value is -2.10. The summed E-state index contributed by atoms with van der Waals surface area (Å²) in [6, 6.07) is 7.84. The molecule has 4 nitrogen and oxygen atoms in total. The summed E-state index contributed by atoms with van der Waals surface area (Å²) in [5.74, 6) is 2.05. The van der Waals surface area contributed by atoms with Crippen LogP contribution in [0.4, 0.5) is 5.82 Å². The molecule has 0 spiro atoms. The van der Waals surface area contributed by atoms with Crippen LogP contribution in [0.3, 0.4) is 0 Å². The van der Waals surface area contributed by atoms with Crippen LogP contribution in [0.25, 0.3) is 0 Å². The zero-order chi connectivity index (χ0) is 12.8. The lowest BCUT2D eigenvalue weighted by molar-refractivity contribution is 0.457. The molecule has 1 aromatic carbocycles. The Labute approximate surface area is 107 Å². The number of rotatable bonds is 5. The van der Waals surface area contributed by atoms with Crippen LogP contribution in [0, 0.1) is 6.92 Å². The van der Waals surface area contributed by atoms with Gasteiger partial charge in [-0.15, -0.1) is 0 Å². The van der Waals surface area contributed by atoms with Gasteiger partial charge in [-0.1, -0.05) is 25.1 Å². The smallest absolute Gasteiger partial charge is 0.239 e. The van der Waals surface area contributed by atoms with Crippen LogP contribution < -0.4 is 10.1 Å². The maximum Gasteiger partial charge on any atom is 0.239 e. The second-order valence-electron chi connectivity index (χ2n) is 4.04. The number of anilines is 1. The fourth-order valence-corrected chi connectivity index (χ4v) is 1.52. The molecule has 0 unspecified atom stereocenters. The van der Waals surface area contributed by atoms with Gasteiger partial charge in [0.25, 0.3) is 0 Å². The predicted molar refractivity (Wildman–Crippen MR) is 72.1 cm³/mol. The van der Waals surface area contributed by atoms with Gasteiger partial charge in [0.05, 0.1) is 12.4 Å². The SMILES string of the molecule is CCCNc1cncc(Oc2ccccc2C)n1. The molecule has 0 fully saturated rings. The van der Waals surface area contributed by atoms with Crippen LogP contribution in [0.2, 0.25) is 0 Å². The quantitative estimate of drug-likeness (QED) is 0.874. The normalized spacial score (nSPS) is 10.1. The molecule has 1 heterocycles. The van der Waals surface area contributed by atoms with E-state index in [1.54, 1.807) is 12.4 Å². The molecule has 0 bridgehead atoms.